The van der Waals surface area contributed by atoms with Crippen molar-refractivity contribution in [3.05, 3.63) is 23.8 Å². The van der Waals surface area contributed by atoms with E-state index in [0.717, 1.165) is 37.2 Å². The summed E-state index contributed by atoms with van der Waals surface area (Å²) in [5.41, 5.74) is 0.884. The molecule has 1 aliphatic carbocycles. The standard InChI is InChI=1S/C15H20O3/c1-10-3-5-12(6-4-10)15(17)18-14-8-11(2)7-13(16)9-14/h7-10,12,16H,3-6H2,1-2H3/t10-,12-. The number of phenolic OH excluding ortho intramolecular Hbond substituents is 1. The van der Waals surface area contributed by atoms with Gasteiger partial charge in [0.2, 0.25) is 0 Å². The van der Waals surface area contributed by atoms with E-state index in [1.165, 1.54) is 6.07 Å². The number of aromatic hydroxyl groups is 1. The molecule has 0 atom stereocenters. The molecule has 0 spiro atoms. The first-order valence-corrected chi connectivity index (χ1v) is 6.57. The van der Waals surface area contributed by atoms with Gasteiger partial charge in [0.05, 0.1) is 5.92 Å². The lowest BCUT2D eigenvalue weighted by atomic mass is 9.83. The SMILES string of the molecule is Cc1cc(O)cc(OC(=O)[C@H]2CC[C@H](C)CC2)c1. The summed E-state index contributed by atoms with van der Waals surface area (Å²) in [6, 6.07) is 4.89. The molecule has 0 radical (unpaired) electrons. The quantitative estimate of drug-likeness (QED) is 0.644. The molecule has 1 fully saturated rings. The fourth-order valence-corrected chi connectivity index (χ4v) is 2.48. The molecule has 0 aliphatic heterocycles. The van der Waals surface area contributed by atoms with Crippen LogP contribution >= 0.6 is 0 Å². The minimum Gasteiger partial charge on any atom is -0.508 e. The molecule has 1 aromatic carbocycles. The van der Waals surface area contributed by atoms with E-state index in [-0.39, 0.29) is 17.6 Å². The number of rotatable bonds is 2. The maximum absolute atomic E-state index is 12.0. The predicted molar refractivity (Wildman–Crippen MR) is 69.6 cm³/mol. The number of benzene rings is 1. The van der Waals surface area contributed by atoms with Gasteiger partial charge in [0.25, 0.3) is 0 Å². The smallest absolute Gasteiger partial charge is 0.314 e. The Morgan fingerprint density at radius 3 is 2.50 bits per heavy atom. The highest BCUT2D eigenvalue weighted by atomic mass is 16.5. The van der Waals surface area contributed by atoms with Crippen molar-refractivity contribution in [2.24, 2.45) is 11.8 Å². The third-order valence-corrected chi connectivity index (χ3v) is 3.60. The number of phenols is 1. The Balaban J connectivity index is 1.98. The largest absolute Gasteiger partial charge is 0.508 e. The van der Waals surface area contributed by atoms with Crippen LogP contribution in [0.1, 0.15) is 38.2 Å². The van der Waals surface area contributed by atoms with E-state index in [2.05, 4.69) is 6.92 Å². The number of esters is 1. The molecule has 0 saturated heterocycles. The van der Waals surface area contributed by atoms with E-state index in [1.807, 2.05) is 6.92 Å². The summed E-state index contributed by atoms with van der Waals surface area (Å²) in [4.78, 5) is 12.0. The van der Waals surface area contributed by atoms with Crippen LogP contribution < -0.4 is 4.74 Å². The Morgan fingerprint density at radius 1 is 1.22 bits per heavy atom. The predicted octanol–water partition coefficient (Wildman–Crippen LogP) is 3.43. The first kappa shape index (κ1) is 12.9. The van der Waals surface area contributed by atoms with Crippen molar-refractivity contribution in [3.63, 3.8) is 0 Å². The van der Waals surface area contributed by atoms with E-state index < -0.39 is 0 Å². The number of hydrogen-bond acceptors (Lipinski definition) is 3. The average molecular weight is 248 g/mol. The van der Waals surface area contributed by atoms with Crippen LogP contribution in [0.2, 0.25) is 0 Å². The molecule has 0 aromatic heterocycles. The minimum atomic E-state index is -0.160. The topological polar surface area (TPSA) is 46.5 Å². The molecular formula is C15H20O3. The van der Waals surface area contributed by atoms with Crippen molar-refractivity contribution >= 4 is 5.97 Å². The highest BCUT2D eigenvalue weighted by Gasteiger charge is 2.25. The maximum atomic E-state index is 12.0. The van der Waals surface area contributed by atoms with E-state index in [9.17, 15) is 9.90 Å². The van der Waals surface area contributed by atoms with Gasteiger partial charge in [0, 0.05) is 6.07 Å². The van der Waals surface area contributed by atoms with Gasteiger partial charge in [-0.15, -0.1) is 0 Å². The van der Waals surface area contributed by atoms with Crippen molar-refractivity contribution in [2.75, 3.05) is 0 Å². The molecule has 0 heterocycles. The lowest BCUT2D eigenvalue weighted by molar-refractivity contribution is -0.140. The van der Waals surface area contributed by atoms with Gasteiger partial charge in [-0.2, -0.15) is 0 Å². The van der Waals surface area contributed by atoms with E-state index in [4.69, 9.17) is 4.74 Å². The first-order chi connectivity index (χ1) is 8.54. The lowest BCUT2D eigenvalue weighted by Gasteiger charge is -2.24. The van der Waals surface area contributed by atoms with Crippen molar-refractivity contribution in [2.45, 2.75) is 39.5 Å². The van der Waals surface area contributed by atoms with E-state index >= 15 is 0 Å². The first-order valence-electron chi connectivity index (χ1n) is 6.57. The monoisotopic (exact) mass is 248 g/mol. The van der Waals surface area contributed by atoms with Crippen molar-refractivity contribution < 1.29 is 14.6 Å². The lowest BCUT2D eigenvalue weighted by Crippen LogP contribution is -2.24. The summed E-state index contributed by atoms with van der Waals surface area (Å²) in [6.45, 7) is 4.08. The van der Waals surface area contributed by atoms with Gasteiger partial charge in [-0.25, -0.2) is 0 Å². The second-order valence-electron chi connectivity index (χ2n) is 5.38. The summed E-state index contributed by atoms with van der Waals surface area (Å²) >= 11 is 0. The fraction of sp³-hybridized carbons (Fsp3) is 0.533. The van der Waals surface area contributed by atoms with Crippen LogP contribution in [0.4, 0.5) is 0 Å². The van der Waals surface area contributed by atoms with Gasteiger partial charge in [-0.1, -0.05) is 6.92 Å². The van der Waals surface area contributed by atoms with Gasteiger partial charge < -0.3 is 9.84 Å². The molecule has 18 heavy (non-hydrogen) atoms. The molecular weight excluding hydrogens is 228 g/mol. The normalized spacial score (nSPS) is 23.7. The third kappa shape index (κ3) is 3.25. The van der Waals surface area contributed by atoms with Gasteiger partial charge >= 0.3 is 5.97 Å². The fourth-order valence-electron chi connectivity index (χ4n) is 2.48. The number of aryl methyl sites for hydroxylation is 1. The van der Waals surface area contributed by atoms with Crippen LogP contribution in [0.25, 0.3) is 0 Å². The summed E-state index contributed by atoms with van der Waals surface area (Å²) in [5.74, 6) is 1.15. The van der Waals surface area contributed by atoms with Crippen molar-refractivity contribution in [1.82, 2.24) is 0 Å². The van der Waals surface area contributed by atoms with Gasteiger partial charge in [0.15, 0.2) is 0 Å². The third-order valence-electron chi connectivity index (χ3n) is 3.60. The molecule has 3 nitrogen and oxygen atoms in total. The summed E-state index contributed by atoms with van der Waals surface area (Å²) < 4.78 is 5.35. The molecule has 1 saturated carbocycles. The number of carbonyl (C=O) groups excluding carboxylic acids is 1. The Hall–Kier alpha value is -1.51. The van der Waals surface area contributed by atoms with Crippen molar-refractivity contribution in [1.29, 1.82) is 0 Å². The van der Waals surface area contributed by atoms with E-state index in [0.29, 0.717) is 5.75 Å². The van der Waals surface area contributed by atoms with Gasteiger partial charge in [-0.3, -0.25) is 4.79 Å². The molecule has 0 unspecified atom stereocenters. The molecule has 2 rings (SSSR count). The van der Waals surface area contributed by atoms with Crippen LogP contribution in [0, 0.1) is 18.8 Å². The number of ether oxygens (including phenoxy) is 1. The highest BCUT2D eigenvalue weighted by Crippen LogP contribution is 2.30. The van der Waals surface area contributed by atoms with Crippen LogP contribution in [0.5, 0.6) is 11.5 Å². The molecule has 98 valence electrons. The van der Waals surface area contributed by atoms with Crippen LogP contribution in [-0.4, -0.2) is 11.1 Å². The second kappa shape index (κ2) is 5.42. The molecule has 1 N–H and O–H groups in total. The zero-order valence-corrected chi connectivity index (χ0v) is 11.0. The highest BCUT2D eigenvalue weighted by molar-refractivity contribution is 5.75. The minimum absolute atomic E-state index is 0.0175. The zero-order valence-electron chi connectivity index (χ0n) is 11.0. The Kier molecular flexibility index (Phi) is 3.90. The number of carbonyl (C=O) groups is 1. The molecule has 0 bridgehead atoms. The van der Waals surface area contributed by atoms with Crippen molar-refractivity contribution in [3.8, 4) is 11.5 Å². The van der Waals surface area contributed by atoms with Crippen LogP contribution in [-0.2, 0) is 4.79 Å². The van der Waals surface area contributed by atoms with Crippen LogP contribution in [0.15, 0.2) is 18.2 Å². The maximum Gasteiger partial charge on any atom is 0.314 e. The molecule has 3 heteroatoms. The molecule has 1 aromatic rings. The molecule has 0 amide bonds. The Bertz CT molecular complexity index is 411. The average Bonchev–Trinajstić information content (AvgIpc) is 2.28. The van der Waals surface area contributed by atoms with E-state index in [1.54, 1.807) is 12.1 Å². The Labute approximate surface area is 108 Å². The summed E-state index contributed by atoms with van der Waals surface area (Å²) in [7, 11) is 0. The molecule has 1 aliphatic rings. The van der Waals surface area contributed by atoms with Gasteiger partial charge in [-0.05, 0) is 56.2 Å². The Morgan fingerprint density at radius 2 is 1.89 bits per heavy atom. The summed E-state index contributed by atoms with van der Waals surface area (Å²) in [6.07, 6.45) is 4.02. The van der Waals surface area contributed by atoms with Crippen LogP contribution in [0.3, 0.4) is 0 Å². The second-order valence-corrected chi connectivity index (χ2v) is 5.38. The summed E-state index contributed by atoms with van der Waals surface area (Å²) in [5, 5.41) is 9.46. The van der Waals surface area contributed by atoms with Gasteiger partial charge in [0.1, 0.15) is 11.5 Å². The number of hydrogen-bond donors (Lipinski definition) is 1. The zero-order chi connectivity index (χ0) is 13.1.